The van der Waals surface area contributed by atoms with Crippen molar-refractivity contribution in [1.29, 1.82) is 0 Å². The molecule has 0 aliphatic carbocycles. The number of carbonyl (C=O) groups excluding carboxylic acids is 1. The monoisotopic (exact) mass is 433 g/mol. The van der Waals surface area contributed by atoms with Crippen LogP contribution in [0.15, 0.2) is 57.5 Å². The lowest BCUT2D eigenvalue weighted by molar-refractivity contribution is -0.385. The van der Waals surface area contributed by atoms with Crippen LogP contribution in [0.4, 0.5) is 5.69 Å². The molecule has 0 saturated carbocycles. The summed E-state index contributed by atoms with van der Waals surface area (Å²) in [6.45, 7) is 0.298. The van der Waals surface area contributed by atoms with Crippen molar-refractivity contribution in [1.82, 2.24) is 15.2 Å². The van der Waals surface area contributed by atoms with E-state index in [-0.39, 0.29) is 11.4 Å². The molecule has 8 nitrogen and oxygen atoms in total. The molecular formula is C16H12BrN5O3S. The van der Waals surface area contributed by atoms with Crippen LogP contribution in [0.3, 0.4) is 0 Å². The fourth-order valence-electron chi connectivity index (χ4n) is 2.18. The summed E-state index contributed by atoms with van der Waals surface area (Å²) < 4.78 is 2.25. The standard InChI is InChI=1S/C16H12BrN5O3S/c17-12-4-1-3-11(7-12)9-21-10-14(22(24)25)15(20-21)16(23)19-18-8-13-5-2-6-26-13/h1-8,10H,9H2,(H,19,23)/b18-8-. The van der Waals surface area contributed by atoms with Crippen molar-refractivity contribution >= 4 is 45.1 Å². The van der Waals surface area contributed by atoms with Crippen LogP contribution < -0.4 is 5.43 Å². The number of hydrogen-bond acceptors (Lipinski definition) is 6. The third-order valence-electron chi connectivity index (χ3n) is 3.29. The number of halogens is 1. The van der Waals surface area contributed by atoms with Crippen molar-refractivity contribution in [3.63, 3.8) is 0 Å². The first kappa shape index (κ1) is 18.0. The van der Waals surface area contributed by atoms with Crippen LogP contribution in [0.5, 0.6) is 0 Å². The summed E-state index contributed by atoms with van der Waals surface area (Å²) in [6.07, 6.45) is 2.70. The lowest BCUT2D eigenvalue weighted by Crippen LogP contribution is -2.19. The van der Waals surface area contributed by atoms with Crippen LogP contribution in [0.25, 0.3) is 0 Å². The molecule has 0 bridgehead atoms. The molecule has 3 aromatic rings. The van der Waals surface area contributed by atoms with E-state index in [1.807, 2.05) is 41.8 Å². The number of hydrazone groups is 1. The van der Waals surface area contributed by atoms with E-state index in [4.69, 9.17) is 0 Å². The predicted molar refractivity (Wildman–Crippen MR) is 102 cm³/mol. The van der Waals surface area contributed by atoms with Gasteiger partial charge in [-0.25, -0.2) is 5.43 Å². The first-order valence-electron chi connectivity index (χ1n) is 7.36. The number of aromatic nitrogens is 2. The Hall–Kier alpha value is -2.85. The molecule has 26 heavy (non-hydrogen) atoms. The van der Waals surface area contributed by atoms with Crippen molar-refractivity contribution in [2.45, 2.75) is 6.54 Å². The van der Waals surface area contributed by atoms with Crippen LogP contribution >= 0.6 is 27.3 Å². The van der Waals surface area contributed by atoms with Crippen LogP contribution in [-0.2, 0) is 6.54 Å². The van der Waals surface area contributed by atoms with Gasteiger partial charge in [0.25, 0.3) is 5.91 Å². The van der Waals surface area contributed by atoms with Crippen LogP contribution in [0, 0.1) is 10.1 Å². The summed E-state index contributed by atoms with van der Waals surface area (Å²) in [7, 11) is 0. The van der Waals surface area contributed by atoms with Gasteiger partial charge in [-0.05, 0) is 29.1 Å². The first-order chi connectivity index (χ1) is 12.5. The van der Waals surface area contributed by atoms with E-state index in [0.29, 0.717) is 6.54 Å². The van der Waals surface area contributed by atoms with E-state index < -0.39 is 10.8 Å². The molecule has 132 valence electrons. The van der Waals surface area contributed by atoms with Gasteiger partial charge >= 0.3 is 5.69 Å². The molecule has 0 spiro atoms. The van der Waals surface area contributed by atoms with Gasteiger partial charge in [0.05, 0.1) is 17.7 Å². The molecule has 0 radical (unpaired) electrons. The molecule has 0 atom stereocenters. The summed E-state index contributed by atoms with van der Waals surface area (Å²) in [5, 5.41) is 21.0. The molecular weight excluding hydrogens is 422 g/mol. The fourth-order valence-corrected chi connectivity index (χ4v) is 3.21. The zero-order valence-electron chi connectivity index (χ0n) is 13.2. The van der Waals surface area contributed by atoms with E-state index >= 15 is 0 Å². The van der Waals surface area contributed by atoms with E-state index in [9.17, 15) is 14.9 Å². The maximum Gasteiger partial charge on any atom is 0.320 e. The highest BCUT2D eigenvalue weighted by Crippen LogP contribution is 2.19. The second kappa shape index (κ2) is 8.02. The van der Waals surface area contributed by atoms with E-state index in [0.717, 1.165) is 14.9 Å². The molecule has 10 heteroatoms. The van der Waals surface area contributed by atoms with Gasteiger partial charge in [-0.2, -0.15) is 10.2 Å². The SMILES string of the molecule is O=C(N/N=C\c1cccs1)c1nn(Cc2cccc(Br)c2)cc1[N+](=O)[O-]. The number of hydrogen-bond donors (Lipinski definition) is 1. The summed E-state index contributed by atoms with van der Waals surface area (Å²) in [5.41, 5.74) is 2.50. The minimum atomic E-state index is -0.738. The number of thiophene rings is 1. The number of amides is 1. The Morgan fingerprint density at radius 2 is 2.27 bits per heavy atom. The second-order valence-electron chi connectivity index (χ2n) is 5.16. The van der Waals surface area contributed by atoms with Crippen molar-refractivity contribution < 1.29 is 9.72 Å². The van der Waals surface area contributed by atoms with Gasteiger partial charge in [-0.15, -0.1) is 11.3 Å². The second-order valence-corrected chi connectivity index (χ2v) is 7.06. The summed E-state index contributed by atoms with van der Waals surface area (Å²) >= 11 is 4.82. The Balaban J connectivity index is 1.78. The van der Waals surface area contributed by atoms with Crippen LogP contribution in [0.1, 0.15) is 20.9 Å². The highest BCUT2D eigenvalue weighted by Gasteiger charge is 2.25. The molecule has 0 aliphatic rings. The minimum Gasteiger partial charge on any atom is -0.265 e. The van der Waals surface area contributed by atoms with Crippen molar-refractivity contribution in [2.24, 2.45) is 5.10 Å². The third kappa shape index (κ3) is 4.41. The van der Waals surface area contributed by atoms with Gasteiger partial charge in [0, 0.05) is 9.35 Å². The third-order valence-corrected chi connectivity index (χ3v) is 4.59. The normalized spacial score (nSPS) is 11.0. The lowest BCUT2D eigenvalue weighted by atomic mass is 10.2. The number of nitrogens with one attached hydrogen (secondary N) is 1. The highest BCUT2D eigenvalue weighted by molar-refractivity contribution is 9.10. The average Bonchev–Trinajstić information content (AvgIpc) is 3.24. The Labute approximate surface area is 160 Å². The fraction of sp³-hybridized carbons (Fsp3) is 0.0625. The first-order valence-corrected chi connectivity index (χ1v) is 9.03. The molecule has 2 heterocycles. The van der Waals surface area contributed by atoms with E-state index in [1.54, 1.807) is 0 Å². The summed E-state index contributed by atoms with van der Waals surface area (Å²) in [6, 6.07) is 11.1. The molecule has 1 amide bonds. The molecule has 0 fully saturated rings. The van der Waals surface area contributed by atoms with Gasteiger partial charge in [-0.3, -0.25) is 19.6 Å². The molecule has 1 N–H and O–H groups in total. The largest absolute Gasteiger partial charge is 0.320 e. The van der Waals surface area contributed by atoms with E-state index in [2.05, 4.69) is 31.6 Å². The van der Waals surface area contributed by atoms with Gasteiger partial charge < -0.3 is 0 Å². The van der Waals surface area contributed by atoms with Gasteiger partial charge in [0.2, 0.25) is 5.69 Å². The molecule has 0 unspecified atom stereocenters. The molecule has 0 saturated heterocycles. The number of rotatable bonds is 6. The molecule has 0 aliphatic heterocycles. The van der Waals surface area contributed by atoms with Crippen molar-refractivity contribution in [2.75, 3.05) is 0 Å². The molecule has 3 rings (SSSR count). The topological polar surface area (TPSA) is 102 Å². The molecule has 1 aromatic carbocycles. The Morgan fingerprint density at radius 3 is 2.96 bits per heavy atom. The predicted octanol–water partition coefficient (Wildman–Crippen LogP) is 3.43. The highest BCUT2D eigenvalue weighted by atomic mass is 79.9. The van der Waals surface area contributed by atoms with Crippen molar-refractivity contribution in [3.8, 4) is 0 Å². The average molecular weight is 434 g/mol. The van der Waals surface area contributed by atoms with Crippen LogP contribution in [0.2, 0.25) is 0 Å². The smallest absolute Gasteiger partial charge is 0.265 e. The Morgan fingerprint density at radius 1 is 1.42 bits per heavy atom. The number of nitrogens with zero attached hydrogens (tertiary/aromatic N) is 4. The lowest BCUT2D eigenvalue weighted by Gasteiger charge is -2.01. The quantitative estimate of drug-likeness (QED) is 0.365. The van der Waals surface area contributed by atoms with Gasteiger partial charge in [-0.1, -0.05) is 34.1 Å². The molecule has 2 aromatic heterocycles. The summed E-state index contributed by atoms with van der Waals surface area (Å²) in [4.78, 5) is 23.7. The number of nitro groups is 1. The van der Waals surface area contributed by atoms with Gasteiger partial charge in [0.1, 0.15) is 6.20 Å². The zero-order chi connectivity index (χ0) is 18.5. The maximum atomic E-state index is 12.2. The zero-order valence-corrected chi connectivity index (χ0v) is 15.6. The Kier molecular flexibility index (Phi) is 5.54. The van der Waals surface area contributed by atoms with Crippen LogP contribution in [-0.4, -0.2) is 26.8 Å². The minimum absolute atomic E-state index is 0.284. The Bertz CT molecular complexity index is 968. The van der Waals surface area contributed by atoms with Gasteiger partial charge in [0.15, 0.2) is 0 Å². The van der Waals surface area contributed by atoms with E-state index in [1.165, 1.54) is 28.4 Å². The number of benzene rings is 1. The maximum absolute atomic E-state index is 12.2. The number of carbonyl (C=O) groups is 1. The summed E-state index contributed by atoms with van der Waals surface area (Å²) in [5.74, 6) is -0.738. The van der Waals surface area contributed by atoms with Crippen molar-refractivity contribution in [3.05, 3.63) is 78.7 Å².